The van der Waals surface area contributed by atoms with E-state index in [9.17, 15) is 9.18 Å². The molecule has 1 fully saturated rings. The van der Waals surface area contributed by atoms with Crippen LogP contribution in [0.25, 0.3) is 0 Å². The average molecular weight is 371 g/mol. The Kier molecular flexibility index (Phi) is 6.40. The summed E-state index contributed by atoms with van der Waals surface area (Å²) in [6.07, 6.45) is 2.53. The van der Waals surface area contributed by atoms with Gasteiger partial charge >= 0.3 is 0 Å². The van der Waals surface area contributed by atoms with Gasteiger partial charge in [-0.25, -0.2) is 9.37 Å². The Hall–Kier alpha value is -2.47. The second-order valence-electron chi connectivity index (χ2n) is 6.66. The van der Waals surface area contributed by atoms with Crippen LogP contribution in [0.15, 0.2) is 42.6 Å². The van der Waals surface area contributed by atoms with Gasteiger partial charge in [0.2, 0.25) is 5.91 Å². The summed E-state index contributed by atoms with van der Waals surface area (Å²) in [5, 5.41) is 0. The number of halogens is 1. The number of pyridine rings is 1. The minimum absolute atomic E-state index is 0.00641. The Balaban J connectivity index is 1.82. The molecule has 0 saturated carbocycles. The molecule has 6 heteroatoms. The van der Waals surface area contributed by atoms with Gasteiger partial charge in [-0.1, -0.05) is 6.07 Å². The Morgan fingerprint density at radius 1 is 1.19 bits per heavy atom. The molecule has 1 aromatic carbocycles. The molecule has 0 spiro atoms. The van der Waals surface area contributed by atoms with Gasteiger partial charge in [-0.3, -0.25) is 4.79 Å². The zero-order valence-electron chi connectivity index (χ0n) is 15.9. The van der Waals surface area contributed by atoms with Crippen molar-refractivity contribution in [1.82, 2.24) is 4.98 Å². The van der Waals surface area contributed by atoms with Gasteiger partial charge in [-0.2, -0.15) is 0 Å². The number of nitrogens with zero attached hydrogens (tertiary/aromatic N) is 3. The first kappa shape index (κ1) is 19.3. The van der Waals surface area contributed by atoms with Gasteiger partial charge in [0, 0.05) is 31.6 Å². The molecule has 1 atom stereocenters. The Labute approximate surface area is 159 Å². The van der Waals surface area contributed by atoms with Crippen LogP contribution in [0.4, 0.5) is 15.9 Å². The van der Waals surface area contributed by atoms with Gasteiger partial charge in [0.25, 0.3) is 0 Å². The van der Waals surface area contributed by atoms with E-state index in [4.69, 9.17) is 4.74 Å². The van der Waals surface area contributed by atoms with Crippen LogP contribution in [0.3, 0.4) is 0 Å². The first-order valence-corrected chi connectivity index (χ1v) is 9.47. The summed E-state index contributed by atoms with van der Waals surface area (Å²) in [4.78, 5) is 21.4. The van der Waals surface area contributed by atoms with Gasteiger partial charge in [0.1, 0.15) is 11.6 Å². The Morgan fingerprint density at radius 2 is 1.93 bits per heavy atom. The number of anilines is 2. The average Bonchev–Trinajstić information content (AvgIpc) is 3.23. The van der Waals surface area contributed by atoms with Crippen LogP contribution in [0.5, 0.6) is 0 Å². The molecule has 0 aliphatic carbocycles. The van der Waals surface area contributed by atoms with Crippen LogP contribution in [0.2, 0.25) is 0 Å². The molecule has 1 amide bonds. The highest BCUT2D eigenvalue weighted by atomic mass is 19.1. The van der Waals surface area contributed by atoms with E-state index in [0.29, 0.717) is 25.4 Å². The highest BCUT2D eigenvalue weighted by Crippen LogP contribution is 2.24. The smallest absolute Gasteiger partial charge is 0.232 e. The van der Waals surface area contributed by atoms with Crippen LogP contribution >= 0.6 is 0 Å². The van der Waals surface area contributed by atoms with Crippen molar-refractivity contribution >= 4 is 17.4 Å². The normalized spacial score (nSPS) is 16.3. The van der Waals surface area contributed by atoms with Crippen molar-refractivity contribution < 1.29 is 13.9 Å². The number of carbonyl (C=O) groups is 1. The van der Waals surface area contributed by atoms with Crippen molar-refractivity contribution in [3.63, 3.8) is 0 Å². The van der Waals surface area contributed by atoms with E-state index in [2.05, 4.69) is 23.7 Å². The molecular weight excluding hydrogens is 345 g/mol. The molecule has 0 N–H and O–H groups in total. The summed E-state index contributed by atoms with van der Waals surface area (Å²) in [5.74, 6) is 0.457. The Morgan fingerprint density at radius 3 is 2.48 bits per heavy atom. The fraction of sp³-hybridized carbons (Fsp3) is 0.429. The fourth-order valence-corrected chi connectivity index (χ4v) is 3.29. The third-order valence-electron chi connectivity index (χ3n) is 4.92. The number of benzene rings is 1. The molecular formula is C21H26FN3O2. The molecule has 1 aliphatic rings. The quantitative estimate of drug-likeness (QED) is 0.746. The second kappa shape index (κ2) is 8.95. The molecule has 1 aliphatic heterocycles. The van der Waals surface area contributed by atoms with Crippen molar-refractivity contribution in [3.05, 3.63) is 54.0 Å². The molecule has 3 rings (SSSR count). The number of aromatic nitrogens is 1. The lowest BCUT2D eigenvalue weighted by Crippen LogP contribution is -2.36. The van der Waals surface area contributed by atoms with Crippen LogP contribution in [0.1, 0.15) is 25.8 Å². The first-order chi connectivity index (χ1) is 13.1. The van der Waals surface area contributed by atoms with E-state index in [1.165, 1.54) is 12.1 Å². The van der Waals surface area contributed by atoms with Gasteiger partial charge < -0.3 is 14.5 Å². The maximum atomic E-state index is 13.3. The molecule has 5 nitrogen and oxygen atoms in total. The lowest BCUT2D eigenvalue weighted by atomic mass is 10.1. The summed E-state index contributed by atoms with van der Waals surface area (Å²) in [5.41, 5.74) is 1.61. The molecule has 0 bridgehead atoms. The number of amides is 1. The lowest BCUT2D eigenvalue weighted by molar-refractivity contribution is -0.122. The van der Waals surface area contributed by atoms with Crippen molar-refractivity contribution in [2.45, 2.75) is 26.8 Å². The van der Waals surface area contributed by atoms with E-state index in [1.54, 1.807) is 17.0 Å². The first-order valence-electron chi connectivity index (χ1n) is 9.47. The molecule has 1 saturated heterocycles. The number of hydrogen-bond donors (Lipinski definition) is 0. The SMILES string of the molecule is CCN(CC)c1ccc(CN(C(=O)C2CCOC2)c2ccc(F)cc2)cn1. The number of ether oxygens (including phenoxy) is 1. The van der Waals surface area contributed by atoms with Crippen LogP contribution in [0, 0.1) is 11.7 Å². The summed E-state index contributed by atoms with van der Waals surface area (Å²) >= 11 is 0. The minimum Gasteiger partial charge on any atom is -0.381 e. The van der Waals surface area contributed by atoms with Crippen molar-refractivity contribution in [2.24, 2.45) is 5.92 Å². The van der Waals surface area contributed by atoms with E-state index < -0.39 is 0 Å². The van der Waals surface area contributed by atoms with Crippen LogP contribution in [-0.4, -0.2) is 37.2 Å². The van der Waals surface area contributed by atoms with E-state index in [1.807, 2.05) is 18.3 Å². The van der Waals surface area contributed by atoms with Crippen molar-refractivity contribution in [1.29, 1.82) is 0 Å². The highest BCUT2D eigenvalue weighted by molar-refractivity contribution is 5.95. The standard InChI is InChI=1S/C21H26FN3O2/c1-3-24(4-2)20-10-5-16(13-23-20)14-25(19-8-6-18(22)7-9-19)21(26)17-11-12-27-15-17/h5-10,13,17H,3-4,11-12,14-15H2,1-2H3. The van der Waals surface area contributed by atoms with Gasteiger partial charge in [-0.05, 0) is 56.2 Å². The maximum absolute atomic E-state index is 13.3. The fourth-order valence-electron chi connectivity index (χ4n) is 3.29. The van der Waals surface area contributed by atoms with Gasteiger partial charge in [0.15, 0.2) is 0 Å². The summed E-state index contributed by atoms with van der Waals surface area (Å²) in [6.45, 7) is 7.42. The molecule has 144 valence electrons. The summed E-state index contributed by atoms with van der Waals surface area (Å²) < 4.78 is 18.7. The molecule has 0 radical (unpaired) electrons. The zero-order valence-corrected chi connectivity index (χ0v) is 15.9. The second-order valence-corrected chi connectivity index (χ2v) is 6.66. The topological polar surface area (TPSA) is 45.7 Å². The number of carbonyl (C=O) groups excluding carboxylic acids is 1. The monoisotopic (exact) mass is 371 g/mol. The maximum Gasteiger partial charge on any atom is 0.232 e. The third-order valence-corrected chi connectivity index (χ3v) is 4.92. The zero-order chi connectivity index (χ0) is 19.2. The predicted octanol–water partition coefficient (Wildman–Crippen LogP) is 3.64. The molecule has 2 heterocycles. The number of rotatable bonds is 7. The lowest BCUT2D eigenvalue weighted by Gasteiger charge is -2.26. The Bertz CT molecular complexity index is 739. The van der Waals surface area contributed by atoms with E-state index in [-0.39, 0.29) is 17.6 Å². The molecule has 2 aromatic rings. The minimum atomic E-state index is -0.319. The largest absolute Gasteiger partial charge is 0.381 e. The molecule has 1 aromatic heterocycles. The summed E-state index contributed by atoms with van der Waals surface area (Å²) in [6, 6.07) is 10.0. The molecule has 27 heavy (non-hydrogen) atoms. The molecule has 1 unspecified atom stereocenters. The predicted molar refractivity (Wildman–Crippen MR) is 104 cm³/mol. The van der Waals surface area contributed by atoms with Crippen LogP contribution < -0.4 is 9.80 Å². The summed E-state index contributed by atoms with van der Waals surface area (Å²) in [7, 11) is 0. The van der Waals surface area contributed by atoms with Crippen LogP contribution in [-0.2, 0) is 16.1 Å². The van der Waals surface area contributed by atoms with Crippen molar-refractivity contribution in [2.75, 3.05) is 36.1 Å². The van der Waals surface area contributed by atoms with Gasteiger partial charge in [-0.15, -0.1) is 0 Å². The van der Waals surface area contributed by atoms with E-state index >= 15 is 0 Å². The third kappa shape index (κ3) is 4.63. The van der Waals surface area contributed by atoms with E-state index in [0.717, 1.165) is 30.9 Å². The van der Waals surface area contributed by atoms with Gasteiger partial charge in [0.05, 0.1) is 19.1 Å². The van der Waals surface area contributed by atoms with Crippen molar-refractivity contribution in [3.8, 4) is 0 Å². The number of hydrogen-bond acceptors (Lipinski definition) is 4. The highest BCUT2D eigenvalue weighted by Gasteiger charge is 2.29.